The van der Waals surface area contributed by atoms with Gasteiger partial charge in [0, 0.05) is 11.2 Å². The van der Waals surface area contributed by atoms with Crippen LogP contribution in [0, 0.1) is 0 Å². The van der Waals surface area contributed by atoms with E-state index in [0.717, 1.165) is 23.4 Å². The highest BCUT2D eigenvalue weighted by Gasteiger charge is 1.92. The van der Waals surface area contributed by atoms with E-state index in [0.29, 0.717) is 6.61 Å². The fourth-order valence-corrected chi connectivity index (χ4v) is 1.19. The van der Waals surface area contributed by atoms with E-state index < -0.39 is 0 Å². The van der Waals surface area contributed by atoms with Crippen molar-refractivity contribution >= 4 is 17.8 Å². The Morgan fingerprint density at radius 3 is 3.07 bits per heavy atom. The molecule has 14 heavy (non-hydrogen) atoms. The molecule has 0 aliphatic carbocycles. The summed E-state index contributed by atoms with van der Waals surface area (Å²) in [5, 5.41) is 4.54. The minimum atomic E-state index is 0.473. The fourth-order valence-electron chi connectivity index (χ4n) is 0.973. The van der Waals surface area contributed by atoms with E-state index in [2.05, 4.69) is 12.1 Å². The van der Waals surface area contributed by atoms with Crippen molar-refractivity contribution < 1.29 is 4.84 Å². The molecule has 1 aromatic rings. The second-order valence-electron chi connectivity index (χ2n) is 2.98. The molecule has 0 heterocycles. The Morgan fingerprint density at radius 2 is 2.36 bits per heavy atom. The number of oxime groups is 1. The molecule has 0 spiro atoms. The molecule has 1 aromatic carbocycles. The van der Waals surface area contributed by atoms with Crippen molar-refractivity contribution in [2.75, 3.05) is 0 Å². The van der Waals surface area contributed by atoms with E-state index in [9.17, 15) is 0 Å². The van der Waals surface area contributed by atoms with Gasteiger partial charge < -0.3 is 4.84 Å². The zero-order valence-corrected chi connectivity index (χ0v) is 9.00. The third kappa shape index (κ3) is 4.28. The molecule has 0 bridgehead atoms. The lowest BCUT2D eigenvalue weighted by molar-refractivity contribution is 0.131. The first-order valence-corrected chi connectivity index (χ1v) is 5.09. The monoisotopic (exact) mass is 211 g/mol. The van der Waals surface area contributed by atoms with Crippen LogP contribution in [0.1, 0.15) is 25.3 Å². The van der Waals surface area contributed by atoms with Crippen molar-refractivity contribution in [3.8, 4) is 0 Å². The summed E-state index contributed by atoms with van der Waals surface area (Å²) < 4.78 is 0. The number of benzene rings is 1. The molecule has 0 fully saturated rings. The molecule has 0 saturated carbocycles. The summed E-state index contributed by atoms with van der Waals surface area (Å²) in [6, 6.07) is 7.57. The van der Waals surface area contributed by atoms with Crippen molar-refractivity contribution in [3.05, 3.63) is 34.9 Å². The minimum absolute atomic E-state index is 0.473. The molecule has 1 rings (SSSR count). The first kappa shape index (κ1) is 11.1. The molecule has 0 N–H and O–H groups in total. The van der Waals surface area contributed by atoms with Crippen molar-refractivity contribution in [2.24, 2.45) is 5.16 Å². The molecule has 0 aromatic heterocycles. The molecule has 0 unspecified atom stereocenters. The van der Waals surface area contributed by atoms with Crippen LogP contribution in [0.4, 0.5) is 0 Å². The van der Waals surface area contributed by atoms with Crippen LogP contribution in [-0.4, -0.2) is 6.21 Å². The van der Waals surface area contributed by atoms with Crippen molar-refractivity contribution in [1.29, 1.82) is 0 Å². The maximum absolute atomic E-state index is 5.81. The largest absolute Gasteiger partial charge is 0.391 e. The number of hydrogen-bond acceptors (Lipinski definition) is 2. The Bertz CT molecular complexity index is 299. The molecule has 0 saturated heterocycles. The molecule has 0 atom stereocenters. The van der Waals surface area contributed by atoms with E-state index in [-0.39, 0.29) is 0 Å². The number of unbranched alkanes of at least 4 members (excludes halogenated alkanes) is 1. The van der Waals surface area contributed by atoms with Crippen LogP contribution in [0.3, 0.4) is 0 Å². The lowest BCUT2D eigenvalue weighted by Gasteiger charge is -1.99. The Balaban J connectivity index is 2.31. The third-order valence-electron chi connectivity index (χ3n) is 1.69. The average Bonchev–Trinajstić information content (AvgIpc) is 2.18. The van der Waals surface area contributed by atoms with Gasteiger partial charge in [-0.25, -0.2) is 0 Å². The van der Waals surface area contributed by atoms with E-state index >= 15 is 0 Å². The number of rotatable bonds is 5. The molecule has 76 valence electrons. The number of hydrogen-bond donors (Lipinski definition) is 0. The molecule has 0 radical (unpaired) electrons. The zero-order valence-electron chi connectivity index (χ0n) is 8.24. The average molecular weight is 212 g/mol. The number of nitrogens with zero attached hydrogens (tertiary/aromatic N) is 1. The SMILES string of the molecule is CCCC=NOCc1cccc(Cl)c1. The van der Waals surface area contributed by atoms with Gasteiger partial charge in [0.2, 0.25) is 0 Å². The van der Waals surface area contributed by atoms with E-state index in [1.807, 2.05) is 24.3 Å². The molecule has 3 heteroatoms. The summed E-state index contributed by atoms with van der Waals surface area (Å²) in [5.74, 6) is 0. The highest BCUT2D eigenvalue weighted by atomic mass is 35.5. The zero-order chi connectivity index (χ0) is 10.2. The van der Waals surface area contributed by atoms with Gasteiger partial charge in [-0.1, -0.05) is 42.2 Å². The summed E-state index contributed by atoms with van der Waals surface area (Å²) >= 11 is 5.81. The van der Waals surface area contributed by atoms with Crippen LogP contribution in [0.5, 0.6) is 0 Å². The van der Waals surface area contributed by atoms with E-state index in [1.165, 1.54) is 0 Å². The predicted molar refractivity (Wildman–Crippen MR) is 59.6 cm³/mol. The predicted octanol–water partition coefficient (Wildman–Crippen LogP) is 3.64. The first-order valence-electron chi connectivity index (χ1n) is 4.71. The quantitative estimate of drug-likeness (QED) is 0.538. The first-order chi connectivity index (χ1) is 6.83. The second-order valence-corrected chi connectivity index (χ2v) is 3.42. The summed E-state index contributed by atoms with van der Waals surface area (Å²) in [6.07, 6.45) is 3.82. The van der Waals surface area contributed by atoms with E-state index in [1.54, 1.807) is 6.21 Å². The van der Waals surface area contributed by atoms with Gasteiger partial charge in [0.15, 0.2) is 0 Å². The lowest BCUT2D eigenvalue weighted by atomic mass is 10.2. The number of halogens is 1. The molecule has 0 aliphatic heterocycles. The van der Waals surface area contributed by atoms with Crippen molar-refractivity contribution in [2.45, 2.75) is 26.4 Å². The third-order valence-corrected chi connectivity index (χ3v) is 1.92. The van der Waals surface area contributed by atoms with Gasteiger partial charge >= 0.3 is 0 Å². The standard InChI is InChI=1S/C11H14ClNO/c1-2-3-7-13-14-9-10-5-4-6-11(12)8-10/h4-8H,2-3,9H2,1H3. The second kappa shape index (κ2) is 6.44. The smallest absolute Gasteiger partial charge is 0.142 e. The molecule has 2 nitrogen and oxygen atoms in total. The Labute approximate surface area is 89.5 Å². The highest BCUT2D eigenvalue weighted by Crippen LogP contribution is 2.11. The molecule has 0 aliphatic rings. The van der Waals surface area contributed by atoms with Crippen LogP contribution in [-0.2, 0) is 11.4 Å². The summed E-state index contributed by atoms with van der Waals surface area (Å²) in [7, 11) is 0. The molecule has 0 amide bonds. The van der Waals surface area contributed by atoms with Gasteiger partial charge in [-0.05, 0) is 24.1 Å². The Kier molecular flexibility index (Phi) is 5.08. The van der Waals surface area contributed by atoms with Crippen LogP contribution in [0.25, 0.3) is 0 Å². The minimum Gasteiger partial charge on any atom is -0.391 e. The normalized spacial score (nSPS) is 10.7. The maximum atomic E-state index is 5.81. The fraction of sp³-hybridized carbons (Fsp3) is 0.364. The van der Waals surface area contributed by atoms with Crippen LogP contribution >= 0.6 is 11.6 Å². The topological polar surface area (TPSA) is 21.6 Å². The lowest BCUT2D eigenvalue weighted by Crippen LogP contribution is -1.86. The summed E-state index contributed by atoms with van der Waals surface area (Å²) in [6.45, 7) is 2.57. The van der Waals surface area contributed by atoms with Crippen molar-refractivity contribution in [1.82, 2.24) is 0 Å². The van der Waals surface area contributed by atoms with Gasteiger partial charge in [0.25, 0.3) is 0 Å². The van der Waals surface area contributed by atoms with Crippen molar-refractivity contribution in [3.63, 3.8) is 0 Å². The van der Waals surface area contributed by atoms with Gasteiger partial charge in [0.05, 0.1) is 0 Å². The van der Waals surface area contributed by atoms with E-state index in [4.69, 9.17) is 16.4 Å². The Morgan fingerprint density at radius 1 is 1.50 bits per heavy atom. The summed E-state index contributed by atoms with van der Waals surface area (Å²) in [5.41, 5.74) is 1.03. The van der Waals surface area contributed by atoms with Gasteiger partial charge in [-0.3, -0.25) is 0 Å². The molecular formula is C11H14ClNO. The van der Waals surface area contributed by atoms with Gasteiger partial charge in [-0.15, -0.1) is 0 Å². The Hall–Kier alpha value is -1.02. The molecular weight excluding hydrogens is 198 g/mol. The highest BCUT2D eigenvalue weighted by molar-refractivity contribution is 6.30. The van der Waals surface area contributed by atoms with Gasteiger partial charge in [-0.2, -0.15) is 0 Å². The van der Waals surface area contributed by atoms with Crippen LogP contribution in [0.15, 0.2) is 29.4 Å². The summed E-state index contributed by atoms with van der Waals surface area (Å²) in [4.78, 5) is 5.09. The van der Waals surface area contributed by atoms with Crippen LogP contribution < -0.4 is 0 Å². The van der Waals surface area contributed by atoms with Crippen LogP contribution in [0.2, 0.25) is 5.02 Å². The van der Waals surface area contributed by atoms with Gasteiger partial charge in [0.1, 0.15) is 6.61 Å². The maximum Gasteiger partial charge on any atom is 0.142 e.